The topological polar surface area (TPSA) is 61.4 Å². The predicted molar refractivity (Wildman–Crippen MR) is 79.8 cm³/mol. The highest BCUT2D eigenvalue weighted by atomic mass is 19.4. The minimum Gasteiger partial charge on any atom is -0.406 e. The van der Waals surface area contributed by atoms with Crippen molar-refractivity contribution in [3.8, 4) is 16.9 Å². The number of alkyl halides is 3. The van der Waals surface area contributed by atoms with E-state index in [4.69, 9.17) is 0 Å². The van der Waals surface area contributed by atoms with Crippen molar-refractivity contribution in [1.29, 1.82) is 0 Å². The smallest absolute Gasteiger partial charge is 0.406 e. The summed E-state index contributed by atoms with van der Waals surface area (Å²) >= 11 is 0. The van der Waals surface area contributed by atoms with Gasteiger partial charge in [0, 0.05) is 7.05 Å². The summed E-state index contributed by atoms with van der Waals surface area (Å²) in [4.78, 5) is 23.3. The molecule has 3 aromatic rings. The van der Waals surface area contributed by atoms with Gasteiger partial charge < -0.3 is 9.15 Å². The molecule has 0 aliphatic heterocycles. The molecule has 0 saturated heterocycles. The normalized spacial score (nSPS) is 11.7. The van der Waals surface area contributed by atoms with Crippen molar-refractivity contribution in [3.05, 3.63) is 63.4 Å². The standard InChI is InChI=1S/C16H10F3NO4/c1-20-13-7-4-10(8-12(13)14(21)23-15(20)22)9-2-5-11(6-3-9)24-16(17,18)19/h2-8H,1H3. The molecule has 124 valence electrons. The van der Waals surface area contributed by atoms with Gasteiger partial charge in [-0.25, -0.2) is 9.59 Å². The lowest BCUT2D eigenvalue weighted by atomic mass is 10.0. The number of rotatable bonds is 2. The van der Waals surface area contributed by atoms with E-state index in [0.717, 1.165) is 0 Å². The Morgan fingerprint density at radius 2 is 1.62 bits per heavy atom. The average molecular weight is 337 g/mol. The van der Waals surface area contributed by atoms with Crippen LogP contribution < -0.4 is 16.1 Å². The first-order valence-electron chi connectivity index (χ1n) is 6.75. The molecule has 8 heteroatoms. The monoisotopic (exact) mass is 337 g/mol. The SMILES string of the molecule is Cn1c(=O)oc(=O)c2cc(-c3ccc(OC(F)(F)F)cc3)ccc21. The predicted octanol–water partition coefficient (Wildman–Crippen LogP) is 3.06. The molecule has 0 aliphatic carbocycles. The van der Waals surface area contributed by atoms with Crippen LogP contribution in [-0.4, -0.2) is 10.9 Å². The van der Waals surface area contributed by atoms with Gasteiger partial charge in [0.2, 0.25) is 0 Å². The van der Waals surface area contributed by atoms with E-state index in [0.29, 0.717) is 16.6 Å². The maximum Gasteiger partial charge on any atom is 0.573 e. The fourth-order valence-corrected chi connectivity index (χ4v) is 2.32. The van der Waals surface area contributed by atoms with Crippen LogP contribution in [0.2, 0.25) is 0 Å². The van der Waals surface area contributed by atoms with Crippen molar-refractivity contribution in [3.63, 3.8) is 0 Å². The molecule has 0 saturated carbocycles. The molecule has 0 radical (unpaired) electrons. The second kappa shape index (κ2) is 5.55. The van der Waals surface area contributed by atoms with Crippen LogP contribution in [0.4, 0.5) is 13.2 Å². The number of ether oxygens (including phenoxy) is 1. The number of aryl methyl sites for hydroxylation is 1. The van der Waals surface area contributed by atoms with Gasteiger partial charge in [0.05, 0.1) is 10.9 Å². The molecule has 1 aromatic heterocycles. The molecule has 0 unspecified atom stereocenters. The van der Waals surface area contributed by atoms with Crippen molar-refractivity contribution < 1.29 is 22.3 Å². The van der Waals surface area contributed by atoms with Crippen LogP contribution in [0.15, 0.2) is 56.5 Å². The largest absolute Gasteiger partial charge is 0.573 e. The molecular formula is C16H10F3NO4. The van der Waals surface area contributed by atoms with Crippen LogP contribution in [-0.2, 0) is 7.05 Å². The van der Waals surface area contributed by atoms with Crippen LogP contribution in [0.5, 0.6) is 5.75 Å². The molecule has 24 heavy (non-hydrogen) atoms. The second-order valence-corrected chi connectivity index (χ2v) is 5.02. The zero-order valence-electron chi connectivity index (χ0n) is 12.3. The number of hydrogen-bond donors (Lipinski definition) is 0. The summed E-state index contributed by atoms with van der Waals surface area (Å²) in [6, 6.07) is 9.97. The Balaban J connectivity index is 2.04. The van der Waals surface area contributed by atoms with Gasteiger partial charge in [-0.15, -0.1) is 13.2 Å². The lowest BCUT2D eigenvalue weighted by molar-refractivity contribution is -0.274. The van der Waals surface area contributed by atoms with E-state index in [1.165, 1.54) is 41.9 Å². The van der Waals surface area contributed by atoms with Crippen LogP contribution in [0.25, 0.3) is 22.0 Å². The zero-order valence-corrected chi connectivity index (χ0v) is 12.3. The fourth-order valence-electron chi connectivity index (χ4n) is 2.32. The summed E-state index contributed by atoms with van der Waals surface area (Å²) < 4.78 is 46.1. The molecule has 5 nitrogen and oxygen atoms in total. The van der Waals surface area contributed by atoms with Gasteiger partial charge in [-0.1, -0.05) is 18.2 Å². The number of halogens is 3. The van der Waals surface area contributed by atoms with Gasteiger partial charge in [-0.2, -0.15) is 0 Å². The maximum absolute atomic E-state index is 12.2. The Morgan fingerprint density at radius 3 is 2.25 bits per heavy atom. The first kappa shape index (κ1) is 15.9. The number of fused-ring (bicyclic) bond motifs is 1. The van der Waals surface area contributed by atoms with Crippen LogP contribution in [0.3, 0.4) is 0 Å². The van der Waals surface area contributed by atoms with Crippen LogP contribution in [0, 0.1) is 0 Å². The van der Waals surface area contributed by atoms with Crippen molar-refractivity contribution >= 4 is 10.9 Å². The molecular weight excluding hydrogens is 327 g/mol. The van der Waals surface area contributed by atoms with Crippen LogP contribution >= 0.6 is 0 Å². The molecule has 0 N–H and O–H groups in total. The summed E-state index contributed by atoms with van der Waals surface area (Å²) in [5.41, 5.74) is 0.802. The highest BCUT2D eigenvalue weighted by Gasteiger charge is 2.30. The van der Waals surface area contributed by atoms with Gasteiger partial charge in [0.25, 0.3) is 0 Å². The molecule has 3 rings (SSSR count). The second-order valence-electron chi connectivity index (χ2n) is 5.02. The lowest BCUT2D eigenvalue weighted by Gasteiger charge is -2.10. The van der Waals surface area contributed by atoms with Crippen molar-refractivity contribution in [1.82, 2.24) is 4.57 Å². The Morgan fingerprint density at radius 1 is 1.00 bits per heavy atom. The summed E-state index contributed by atoms with van der Waals surface area (Å²) in [6.07, 6.45) is -4.76. The zero-order chi connectivity index (χ0) is 17.5. The van der Waals surface area contributed by atoms with E-state index < -0.39 is 17.7 Å². The third-order valence-corrected chi connectivity index (χ3v) is 3.45. The maximum atomic E-state index is 12.2. The first-order valence-corrected chi connectivity index (χ1v) is 6.75. The van der Waals surface area contributed by atoms with Gasteiger partial charge in [0.1, 0.15) is 5.75 Å². The molecule has 2 aromatic carbocycles. The third kappa shape index (κ3) is 3.03. The highest BCUT2D eigenvalue weighted by molar-refractivity contribution is 5.83. The number of aromatic nitrogens is 1. The van der Waals surface area contributed by atoms with Crippen molar-refractivity contribution in [2.45, 2.75) is 6.36 Å². The molecule has 0 bridgehead atoms. The Kier molecular flexibility index (Phi) is 3.67. The summed E-state index contributed by atoms with van der Waals surface area (Å²) in [5, 5.41) is 0.199. The summed E-state index contributed by atoms with van der Waals surface area (Å²) in [6.45, 7) is 0. The van der Waals surface area contributed by atoms with Crippen molar-refractivity contribution in [2.24, 2.45) is 7.05 Å². The minimum atomic E-state index is -4.76. The Hall–Kier alpha value is -3.03. The highest BCUT2D eigenvalue weighted by Crippen LogP contribution is 2.27. The first-order chi connectivity index (χ1) is 11.2. The molecule has 0 aliphatic rings. The van der Waals surface area contributed by atoms with E-state index in [1.807, 2.05) is 0 Å². The molecule has 0 atom stereocenters. The number of nitrogens with zero attached hydrogens (tertiary/aromatic N) is 1. The molecule has 0 fully saturated rings. The minimum absolute atomic E-state index is 0.199. The van der Waals surface area contributed by atoms with E-state index in [2.05, 4.69) is 9.15 Å². The number of benzene rings is 2. The molecule has 1 heterocycles. The average Bonchev–Trinajstić information content (AvgIpc) is 2.51. The summed E-state index contributed by atoms with van der Waals surface area (Å²) in [7, 11) is 1.47. The van der Waals surface area contributed by atoms with Gasteiger partial charge in [-0.05, 0) is 35.4 Å². The van der Waals surface area contributed by atoms with E-state index >= 15 is 0 Å². The Bertz CT molecular complexity index is 1020. The van der Waals surface area contributed by atoms with Gasteiger partial charge in [-0.3, -0.25) is 4.57 Å². The quantitative estimate of drug-likeness (QED) is 0.721. The van der Waals surface area contributed by atoms with E-state index in [1.54, 1.807) is 12.1 Å². The lowest BCUT2D eigenvalue weighted by Crippen LogP contribution is -2.22. The van der Waals surface area contributed by atoms with E-state index in [-0.39, 0.29) is 11.1 Å². The summed E-state index contributed by atoms with van der Waals surface area (Å²) in [5.74, 6) is -1.11. The van der Waals surface area contributed by atoms with Gasteiger partial charge in [0.15, 0.2) is 0 Å². The van der Waals surface area contributed by atoms with Gasteiger partial charge >= 0.3 is 17.7 Å². The van der Waals surface area contributed by atoms with Crippen molar-refractivity contribution in [2.75, 3.05) is 0 Å². The number of hydrogen-bond acceptors (Lipinski definition) is 4. The fraction of sp³-hybridized carbons (Fsp3) is 0.125. The Labute approximate surface area is 132 Å². The third-order valence-electron chi connectivity index (χ3n) is 3.45. The molecule has 0 amide bonds. The molecule has 0 spiro atoms. The van der Waals surface area contributed by atoms with E-state index in [9.17, 15) is 22.8 Å². The van der Waals surface area contributed by atoms with Crippen LogP contribution in [0.1, 0.15) is 0 Å².